The van der Waals surface area contributed by atoms with Crippen LogP contribution >= 0.6 is 0 Å². The molecule has 0 aliphatic rings. The zero-order chi connectivity index (χ0) is 15.9. The van der Waals surface area contributed by atoms with Crippen LogP contribution in [0.1, 0.15) is 16.7 Å². The van der Waals surface area contributed by atoms with Crippen LogP contribution in [0.4, 0.5) is 5.69 Å². The minimum Gasteiger partial charge on any atom is -0.339 e. The number of benzene rings is 1. The molecule has 0 radical (unpaired) electrons. The highest BCUT2D eigenvalue weighted by Gasteiger charge is 2.14. The number of aromatic amines is 1. The van der Waals surface area contributed by atoms with Crippen LogP contribution in [0.25, 0.3) is 22.3 Å². The summed E-state index contributed by atoms with van der Waals surface area (Å²) < 4.78 is 0. The highest BCUT2D eigenvalue weighted by molar-refractivity contribution is 5.86. The number of H-pyrrole nitrogens is 1. The maximum Gasteiger partial charge on any atom is 0.288 e. The minimum atomic E-state index is -0.475. The van der Waals surface area contributed by atoms with Crippen molar-refractivity contribution < 1.29 is 4.92 Å². The molecule has 2 aromatic heterocycles. The summed E-state index contributed by atoms with van der Waals surface area (Å²) in [6.07, 6.45) is 1.22. The van der Waals surface area contributed by atoms with E-state index in [-0.39, 0.29) is 5.69 Å². The molecule has 22 heavy (non-hydrogen) atoms. The Balaban J connectivity index is 2.24. The maximum atomic E-state index is 10.8. The van der Waals surface area contributed by atoms with Gasteiger partial charge >= 0.3 is 0 Å². The van der Waals surface area contributed by atoms with E-state index in [9.17, 15) is 15.4 Å². The summed E-state index contributed by atoms with van der Waals surface area (Å²) in [7, 11) is 0. The highest BCUT2D eigenvalue weighted by atomic mass is 16.6. The lowest BCUT2D eigenvalue weighted by Crippen LogP contribution is -1.91. The zero-order valence-electron chi connectivity index (χ0n) is 12.0. The van der Waals surface area contributed by atoms with Gasteiger partial charge in [0, 0.05) is 22.7 Å². The van der Waals surface area contributed by atoms with Crippen molar-refractivity contribution in [1.29, 1.82) is 5.26 Å². The van der Waals surface area contributed by atoms with Gasteiger partial charge in [-0.1, -0.05) is 6.07 Å². The third kappa shape index (κ3) is 2.19. The fourth-order valence-electron chi connectivity index (χ4n) is 2.65. The summed E-state index contributed by atoms with van der Waals surface area (Å²) in [5.41, 5.74) is 4.59. The third-order valence-electron chi connectivity index (χ3n) is 3.54. The van der Waals surface area contributed by atoms with E-state index in [4.69, 9.17) is 0 Å². The smallest absolute Gasteiger partial charge is 0.288 e. The lowest BCUT2D eigenvalue weighted by atomic mass is 9.97. The molecular formula is C16H12N4O2. The molecule has 0 fully saturated rings. The summed E-state index contributed by atoms with van der Waals surface area (Å²) in [5.74, 6) is 0. The van der Waals surface area contributed by atoms with Crippen LogP contribution in [0.15, 0.2) is 30.5 Å². The monoisotopic (exact) mass is 292 g/mol. The number of rotatable bonds is 2. The Morgan fingerprint density at radius 2 is 2.05 bits per heavy atom. The molecule has 0 spiro atoms. The Hall–Kier alpha value is -3.20. The van der Waals surface area contributed by atoms with E-state index in [2.05, 4.69) is 16.0 Å². The van der Waals surface area contributed by atoms with E-state index in [1.807, 2.05) is 26.0 Å². The summed E-state index contributed by atoms with van der Waals surface area (Å²) in [6.45, 7) is 3.87. The fourth-order valence-corrected chi connectivity index (χ4v) is 2.65. The van der Waals surface area contributed by atoms with Crippen LogP contribution in [-0.2, 0) is 0 Å². The van der Waals surface area contributed by atoms with Crippen LogP contribution in [0.5, 0.6) is 0 Å². The molecule has 0 unspecified atom stereocenters. The summed E-state index contributed by atoms with van der Waals surface area (Å²) >= 11 is 0. The largest absolute Gasteiger partial charge is 0.339 e. The Morgan fingerprint density at radius 3 is 2.73 bits per heavy atom. The van der Waals surface area contributed by atoms with Gasteiger partial charge in [-0.25, -0.2) is 4.98 Å². The summed E-state index contributed by atoms with van der Waals surface area (Å²) in [6, 6.07) is 9.28. The molecule has 6 heteroatoms. The second kappa shape index (κ2) is 4.97. The molecule has 108 valence electrons. The Labute approximate surface area is 126 Å². The second-order valence-corrected chi connectivity index (χ2v) is 5.19. The zero-order valence-corrected chi connectivity index (χ0v) is 12.0. The number of nitrogens with zero attached hydrogens (tertiary/aromatic N) is 3. The maximum absolute atomic E-state index is 10.8. The molecule has 0 aliphatic heterocycles. The Bertz CT molecular complexity index is 951. The van der Waals surface area contributed by atoms with E-state index in [1.165, 1.54) is 12.3 Å². The number of fused-ring (bicyclic) bond motifs is 1. The summed E-state index contributed by atoms with van der Waals surface area (Å²) in [5, 5.41) is 20.8. The van der Waals surface area contributed by atoms with Gasteiger partial charge in [0.15, 0.2) is 0 Å². The Kier molecular flexibility index (Phi) is 3.11. The second-order valence-electron chi connectivity index (χ2n) is 5.19. The number of aromatic nitrogens is 2. The van der Waals surface area contributed by atoms with Crippen molar-refractivity contribution in [3.05, 3.63) is 57.3 Å². The van der Waals surface area contributed by atoms with Gasteiger partial charge in [-0.15, -0.1) is 0 Å². The Morgan fingerprint density at radius 1 is 1.27 bits per heavy atom. The van der Waals surface area contributed by atoms with Gasteiger partial charge in [0.25, 0.3) is 5.69 Å². The van der Waals surface area contributed by atoms with E-state index < -0.39 is 4.92 Å². The van der Waals surface area contributed by atoms with Crippen molar-refractivity contribution in [1.82, 2.24) is 9.97 Å². The van der Waals surface area contributed by atoms with Crippen LogP contribution in [-0.4, -0.2) is 14.9 Å². The number of hydrogen-bond acceptors (Lipinski definition) is 4. The standard InChI is InChI=1S/C16H12N4O2/c1-9-3-10(2)15(12(4-9)7-17)14-6-11-5-13(20(21)22)8-18-16(11)19-14/h3-6,8H,1-2H3,(H,18,19). The molecule has 0 aliphatic carbocycles. The van der Waals surface area contributed by atoms with Crippen LogP contribution < -0.4 is 0 Å². The average Bonchev–Trinajstić information content (AvgIpc) is 2.88. The number of pyridine rings is 1. The number of nitrogens with one attached hydrogen (secondary N) is 1. The number of aryl methyl sites for hydroxylation is 2. The van der Waals surface area contributed by atoms with Crippen LogP contribution in [0, 0.1) is 35.3 Å². The lowest BCUT2D eigenvalue weighted by molar-refractivity contribution is -0.385. The van der Waals surface area contributed by atoms with E-state index in [0.29, 0.717) is 16.6 Å². The molecule has 3 aromatic rings. The first kappa shape index (κ1) is 13.8. The van der Waals surface area contributed by atoms with Crippen LogP contribution in [0.2, 0.25) is 0 Å². The van der Waals surface area contributed by atoms with Crippen molar-refractivity contribution in [2.75, 3.05) is 0 Å². The molecule has 0 bridgehead atoms. The molecule has 0 saturated heterocycles. The molecule has 1 aromatic carbocycles. The minimum absolute atomic E-state index is 0.0563. The molecule has 1 N–H and O–H groups in total. The molecule has 0 saturated carbocycles. The predicted molar refractivity (Wildman–Crippen MR) is 82.4 cm³/mol. The van der Waals surface area contributed by atoms with Crippen molar-refractivity contribution >= 4 is 16.7 Å². The quantitative estimate of drug-likeness (QED) is 0.576. The van der Waals surface area contributed by atoms with Crippen LogP contribution in [0.3, 0.4) is 0 Å². The van der Waals surface area contributed by atoms with Gasteiger partial charge in [0.05, 0.1) is 16.6 Å². The van der Waals surface area contributed by atoms with Crippen molar-refractivity contribution in [2.45, 2.75) is 13.8 Å². The first-order chi connectivity index (χ1) is 10.5. The van der Waals surface area contributed by atoms with Crippen molar-refractivity contribution in [3.63, 3.8) is 0 Å². The van der Waals surface area contributed by atoms with Crippen molar-refractivity contribution in [2.24, 2.45) is 0 Å². The van der Waals surface area contributed by atoms with Gasteiger partial charge < -0.3 is 4.98 Å². The molecule has 6 nitrogen and oxygen atoms in total. The van der Waals surface area contributed by atoms with Crippen molar-refractivity contribution in [3.8, 4) is 17.3 Å². The third-order valence-corrected chi connectivity index (χ3v) is 3.54. The topological polar surface area (TPSA) is 95.6 Å². The van der Waals surface area contributed by atoms with Gasteiger partial charge in [-0.2, -0.15) is 5.26 Å². The van der Waals surface area contributed by atoms with E-state index in [1.54, 1.807) is 6.07 Å². The molecular weight excluding hydrogens is 280 g/mol. The van der Waals surface area contributed by atoms with Gasteiger partial charge in [-0.05, 0) is 37.1 Å². The highest BCUT2D eigenvalue weighted by Crippen LogP contribution is 2.31. The first-order valence-corrected chi connectivity index (χ1v) is 6.64. The van der Waals surface area contributed by atoms with Gasteiger partial charge in [0.2, 0.25) is 0 Å². The molecule has 2 heterocycles. The van der Waals surface area contributed by atoms with Gasteiger partial charge in [-0.3, -0.25) is 10.1 Å². The van der Waals surface area contributed by atoms with Gasteiger partial charge in [0.1, 0.15) is 11.8 Å². The fraction of sp³-hybridized carbons (Fsp3) is 0.125. The van der Waals surface area contributed by atoms with E-state index in [0.717, 1.165) is 22.4 Å². The average molecular weight is 292 g/mol. The molecule has 0 amide bonds. The first-order valence-electron chi connectivity index (χ1n) is 6.64. The SMILES string of the molecule is Cc1cc(C)c(-c2cc3cc([N+](=O)[O-])cnc3[nH]2)c(C#N)c1. The normalized spacial score (nSPS) is 10.6. The predicted octanol–water partition coefficient (Wildman–Crippen LogP) is 3.63. The van der Waals surface area contributed by atoms with E-state index >= 15 is 0 Å². The summed E-state index contributed by atoms with van der Waals surface area (Å²) in [4.78, 5) is 17.5. The number of hydrogen-bond donors (Lipinski definition) is 1. The number of nitriles is 1. The molecule has 0 atom stereocenters. The lowest BCUT2D eigenvalue weighted by Gasteiger charge is -2.07. The molecule has 3 rings (SSSR count). The number of nitro groups is 1.